The van der Waals surface area contributed by atoms with Gasteiger partial charge in [0.1, 0.15) is 5.65 Å². The second kappa shape index (κ2) is 4.26. The Labute approximate surface area is 95.3 Å². The van der Waals surface area contributed by atoms with Gasteiger partial charge in [-0.05, 0) is 56.0 Å². The summed E-state index contributed by atoms with van der Waals surface area (Å²) in [6, 6.07) is 4.35. The summed E-state index contributed by atoms with van der Waals surface area (Å²) < 4.78 is 0. The van der Waals surface area contributed by atoms with Crippen LogP contribution in [0.3, 0.4) is 0 Å². The standard InChI is InChI=1S/C13H17N3/c1-2-10(8-14-4-1)6-11-7-12-3-5-15-13(12)16-9-11/h3,5,7,9-10,14H,1-2,4,6,8H2,(H,15,16)/t10-/m0/s1. The third-order valence-electron chi connectivity index (χ3n) is 3.38. The quantitative estimate of drug-likeness (QED) is 0.805. The zero-order valence-electron chi connectivity index (χ0n) is 9.37. The molecule has 0 amide bonds. The zero-order chi connectivity index (χ0) is 10.8. The van der Waals surface area contributed by atoms with Crippen molar-refractivity contribution < 1.29 is 0 Å². The Balaban J connectivity index is 1.77. The van der Waals surface area contributed by atoms with Crippen LogP contribution >= 0.6 is 0 Å². The van der Waals surface area contributed by atoms with E-state index in [0.29, 0.717) is 0 Å². The molecule has 3 nitrogen and oxygen atoms in total. The van der Waals surface area contributed by atoms with Gasteiger partial charge in [0, 0.05) is 17.8 Å². The van der Waals surface area contributed by atoms with E-state index in [1.165, 1.54) is 30.3 Å². The molecule has 1 saturated heterocycles. The molecule has 0 unspecified atom stereocenters. The van der Waals surface area contributed by atoms with Crippen molar-refractivity contribution >= 4 is 11.0 Å². The van der Waals surface area contributed by atoms with E-state index >= 15 is 0 Å². The Morgan fingerprint density at radius 1 is 1.44 bits per heavy atom. The zero-order valence-corrected chi connectivity index (χ0v) is 9.37. The molecular weight excluding hydrogens is 198 g/mol. The fourth-order valence-electron chi connectivity index (χ4n) is 2.53. The molecule has 1 aliphatic rings. The summed E-state index contributed by atoms with van der Waals surface area (Å²) in [6.07, 6.45) is 7.76. The van der Waals surface area contributed by atoms with Crippen LogP contribution in [0, 0.1) is 5.92 Å². The van der Waals surface area contributed by atoms with Crippen molar-refractivity contribution in [3.8, 4) is 0 Å². The van der Waals surface area contributed by atoms with Gasteiger partial charge in [0.2, 0.25) is 0 Å². The predicted molar refractivity (Wildman–Crippen MR) is 65.4 cm³/mol. The summed E-state index contributed by atoms with van der Waals surface area (Å²) in [5, 5.41) is 4.68. The number of rotatable bonds is 2. The number of nitrogens with one attached hydrogen (secondary N) is 2. The van der Waals surface area contributed by atoms with Crippen molar-refractivity contribution in [2.24, 2.45) is 5.92 Å². The molecule has 1 fully saturated rings. The first-order valence-corrected chi connectivity index (χ1v) is 6.04. The molecule has 3 heterocycles. The first-order valence-electron chi connectivity index (χ1n) is 6.04. The average Bonchev–Trinajstić information content (AvgIpc) is 2.77. The monoisotopic (exact) mass is 215 g/mol. The molecule has 0 aliphatic carbocycles. The molecule has 3 rings (SSSR count). The molecule has 0 spiro atoms. The number of H-pyrrole nitrogens is 1. The van der Waals surface area contributed by atoms with Crippen molar-refractivity contribution in [3.05, 3.63) is 30.1 Å². The molecule has 1 aliphatic heterocycles. The SMILES string of the molecule is c1cc2cc(C[C@@H]3CCCNC3)cnc2[nH]1. The maximum atomic E-state index is 4.43. The summed E-state index contributed by atoms with van der Waals surface area (Å²) in [4.78, 5) is 7.56. The number of aromatic amines is 1. The van der Waals surface area contributed by atoms with Crippen LogP contribution in [0.1, 0.15) is 18.4 Å². The minimum absolute atomic E-state index is 0.784. The van der Waals surface area contributed by atoms with E-state index in [-0.39, 0.29) is 0 Å². The lowest BCUT2D eigenvalue weighted by molar-refractivity contribution is 0.376. The lowest BCUT2D eigenvalue weighted by atomic mass is 9.93. The van der Waals surface area contributed by atoms with Crippen LogP contribution in [0.2, 0.25) is 0 Å². The number of aromatic nitrogens is 2. The van der Waals surface area contributed by atoms with Crippen LogP contribution in [0.5, 0.6) is 0 Å². The fourth-order valence-corrected chi connectivity index (χ4v) is 2.53. The van der Waals surface area contributed by atoms with Crippen molar-refractivity contribution in [3.63, 3.8) is 0 Å². The fraction of sp³-hybridized carbons (Fsp3) is 0.462. The molecule has 0 radical (unpaired) electrons. The van der Waals surface area contributed by atoms with E-state index in [2.05, 4.69) is 27.4 Å². The van der Waals surface area contributed by atoms with Gasteiger partial charge in [-0.25, -0.2) is 4.98 Å². The van der Waals surface area contributed by atoms with Crippen molar-refractivity contribution in [1.82, 2.24) is 15.3 Å². The van der Waals surface area contributed by atoms with Crippen molar-refractivity contribution in [2.45, 2.75) is 19.3 Å². The molecule has 0 saturated carbocycles. The second-order valence-electron chi connectivity index (χ2n) is 4.68. The largest absolute Gasteiger partial charge is 0.346 e. The smallest absolute Gasteiger partial charge is 0.137 e. The molecule has 0 bridgehead atoms. The van der Waals surface area contributed by atoms with Crippen molar-refractivity contribution in [1.29, 1.82) is 0 Å². The summed E-state index contributed by atoms with van der Waals surface area (Å²) in [5.74, 6) is 0.784. The van der Waals surface area contributed by atoms with E-state index in [1.807, 2.05) is 12.4 Å². The second-order valence-corrected chi connectivity index (χ2v) is 4.68. The van der Waals surface area contributed by atoms with Gasteiger partial charge in [0.15, 0.2) is 0 Å². The Hall–Kier alpha value is -1.35. The highest BCUT2D eigenvalue weighted by atomic mass is 14.9. The highest BCUT2D eigenvalue weighted by Crippen LogP contribution is 2.18. The Morgan fingerprint density at radius 2 is 2.44 bits per heavy atom. The number of hydrogen-bond acceptors (Lipinski definition) is 2. The molecule has 2 aromatic rings. The van der Waals surface area contributed by atoms with Crippen molar-refractivity contribution in [2.75, 3.05) is 13.1 Å². The van der Waals surface area contributed by atoms with Gasteiger partial charge < -0.3 is 10.3 Å². The predicted octanol–water partition coefficient (Wildman–Crippen LogP) is 2.10. The Morgan fingerprint density at radius 3 is 3.31 bits per heavy atom. The average molecular weight is 215 g/mol. The molecule has 2 N–H and O–H groups in total. The van der Waals surface area contributed by atoms with E-state index in [9.17, 15) is 0 Å². The molecule has 16 heavy (non-hydrogen) atoms. The number of nitrogens with zero attached hydrogens (tertiary/aromatic N) is 1. The van der Waals surface area contributed by atoms with Gasteiger partial charge in [-0.3, -0.25) is 0 Å². The van der Waals surface area contributed by atoms with Crippen LogP contribution < -0.4 is 5.32 Å². The van der Waals surface area contributed by atoms with Gasteiger partial charge in [-0.15, -0.1) is 0 Å². The minimum atomic E-state index is 0.784. The van der Waals surface area contributed by atoms with Crippen LogP contribution in [0.4, 0.5) is 0 Å². The summed E-state index contributed by atoms with van der Waals surface area (Å²) in [5.41, 5.74) is 2.35. The van der Waals surface area contributed by atoms with E-state index < -0.39 is 0 Å². The number of piperidine rings is 1. The summed E-state index contributed by atoms with van der Waals surface area (Å²) in [7, 11) is 0. The van der Waals surface area contributed by atoms with Gasteiger partial charge in [0.05, 0.1) is 0 Å². The normalized spacial score (nSPS) is 21.4. The van der Waals surface area contributed by atoms with Gasteiger partial charge in [0.25, 0.3) is 0 Å². The highest BCUT2D eigenvalue weighted by Gasteiger charge is 2.13. The van der Waals surface area contributed by atoms with Gasteiger partial charge in [-0.1, -0.05) is 0 Å². The lowest BCUT2D eigenvalue weighted by Gasteiger charge is -2.22. The lowest BCUT2D eigenvalue weighted by Crippen LogP contribution is -2.30. The molecule has 2 aromatic heterocycles. The van der Waals surface area contributed by atoms with E-state index in [4.69, 9.17) is 0 Å². The molecule has 0 aromatic carbocycles. The maximum Gasteiger partial charge on any atom is 0.137 e. The molecule has 3 heteroatoms. The number of pyridine rings is 1. The highest BCUT2D eigenvalue weighted by molar-refractivity contribution is 5.75. The summed E-state index contributed by atoms with van der Waals surface area (Å²) >= 11 is 0. The number of hydrogen-bond donors (Lipinski definition) is 2. The Kier molecular flexibility index (Phi) is 2.62. The molecular formula is C13H17N3. The molecule has 84 valence electrons. The van der Waals surface area contributed by atoms with Crippen LogP contribution in [-0.4, -0.2) is 23.1 Å². The van der Waals surface area contributed by atoms with Crippen LogP contribution in [0.25, 0.3) is 11.0 Å². The maximum absolute atomic E-state index is 4.43. The third kappa shape index (κ3) is 1.95. The van der Waals surface area contributed by atoms with E-state index in [1.54, 1.807) is 0 Å². The number of fused-ring (bicyclic) bond motifs is 1. The van der Waals surface area contributed by atoms with Crippen LogP contribution in [-0.2, 0) is 6.42 Å². The topological polar surface area (TPSA) is 40.7 Å². The first kappa shape index (κ1) is 9.85. The molecule has 1 atom stereocenters. The third-order valence-corrected chi connectivity index (χ3v) is 3.38. The van der Waals surface area contributed by atoms with Crippen LogP contribution in [0.15, 0.2) is 24.5 Å². The van der Waals surface area contributed by atoms with Gasteiger partial charge in [-0.2, -0.15) is 0 Å². The minimum Gasteiger partial charge on any atom is -0.346 e. The summed E-state index contributed by atoms with van der Waals surface area (Å²) in [6.45, 7) is 2.34. The van der Waals surface area contributed by atoms with Gasteiger partial charge >= 0.3 is 0 Å². The Bertz CT molecular complexity index is 469. The van der Waals surface area contributed by atoms with E-state index in [0.717, 1.165) is 24.5 Å². The first-order chi connectivity index (χ1) is 7.92.